The molecule has 0 radical (unpaired) electrons. The van der Waals surface area contributed by atoms with Gasteiger partial charge in [-0.3, -0.25) is 9.69 Å². The number of halogens is 1. The van der Waals surface area contributed by atoms with Gasteiger partial charge in [-0.2, -0.15) is 0 Å². The summed E-state index contributed by atoms with van der Waals surface area (Å²) in [5, 5.41) is 3.67. The molecule has 1 aliphatic rings. The molecule has 0 saturated heterocycles. The molecule has 0 bridgehead atoms. The van der Waals surface area contributed by atoms with Crippen LogP contribution in [0.1, 0.15) is 40.3 Å². The molecular formula is C22H22ClN3O2. The first-order valence-corrected chi connectivity index (χ1v) is 9.80. The van der Waals surface area contributed by atoms with Crippen molar-refractivity contribution in [3.8, 4) is 0 Å². The zero-order valence-electron chi connectivity index (χ0n) is 15.5. The van der Waals surface area contributed by atoms with Gasteiger partial charge in [-0.25, -0.2) is 4.98 Å². The molecule has 0 unspecified atom stereocenters. The smallest absolute Gasteiger partial charge is 0.273 e. The van der Waals surface area contributed by atoms with Crippen LogP contribution < -0.4 is 5.32 Å². The van der Waals surface area contributed by atoms with Gasteiger partial charge in [0.25, 0.3) is 5.91 Å². The Balaban J connectivity index is 1.49. The number of rotatable bonds is 8. The van der Waals surface area contributed by atoms with Crippen LogP contribution in [0.4, 0.5) is 0 Å². The van der Waals surface area contributed by atoms with Gasteiger partial charge < -0.3 is 9.73 Å². The number of benzene rings is 2. The molecule has 28 heavy (non-hydrogen) atoms. The fourth-order valence-corrected chi connectivity index (χ4v) is 3.24. The minimum Gasteiger partial charge on any atom is -0.447 e. The summed E-state index contributed by atoms with van der Waals surface area (Å²) < 4.78 is 5.58. The highest BCUT2D eigenvalue weighted by atomic mass is 35.5. The van der Waals surface area contributed by atoms with Crippen LogP contribution in [0.5, 0.6) is 0 Å². The Morgan fingerprint density at radius 2 is 1.82 bits per heavy atom. The van der Waals surface area contributed by atoms with E-state index in [4.69, 9.17) is 16.0 Å². The molecule has 2 aromatic carbocycles. The molecule has 1 heterocycles. The van der Waals surface area contributed by atoms with E-state index in [1.807, 2.05) is 42.5 Å². The second-order valence-electron chi connectivity index (χ2n) is 7.10. The topological polar surface area (TPSA) is 58.4 Å². The number of aromatic nitrogens is 1. The molecule has 4 rings (SSSR count). The third-order valence-electron chi connectivity index (χ3n) is 4.66. The zero-order chi connectivity index (χ0) is 19.3. The Morgan fingerprint density at radius 3 is 2.57 bits per heavy atom. The molecule has 1 fully saturated rings. The fraction of sp³-hybridized carbons (Fsp3) is 0.273. The molecule has 1 aliphatic carbocycles. The van der Waals surface area contributed by atoms with Crippen molar-refractivity contribution in [3.05, 3.63) is 88.6 Å². The maximum absolute atomic E-state index is 12.2. The maximum Gasteiger partial charge on any atom is 0.273 e. The van der Waals surface area contributed by atoms with Crippen LogP contribution in [0.15, 0.2) is 65.3 Å². The molecule has 144 valence electrons. The number of oxazole rings is 1. The summed E-state index contributed by atoms with van der Waals surface area (Å²) in [6.45, 7) is 1.86. The lowest BCUT2D eigenvalue weighted by molar-refractivity contribution is 0.0946. The summed E-state index contributed by atoms with van der Waals surface area (Å²) >= 11 is 6.36. The van der Waals surface area contributed by atoms with E-state index < -0.39 is 0 Å². The minimum atomic E-state index is -0.168. The first kappa shape index (κ1) is 18.7. The third-order valence-corrected chi connectivity index (χ3v) is 5.03. The standard InChI is InChI=1S/C22H22ClN3O2/c23-19-9-5-4-8-17(19)13-26(12-16-6-2-1-3-7-16)14-21-25-20(15-28-21)22(27)24-18-10-11-18/h1-9,15,18H,10-14H2,(H,24,27). The van der Waals surface area contributed by atoms with Gasteiger partial charge in [-0.1, -0.05) is 60.1 Å². The lowest BCUT2D eigenvalue weighted by atomic mass is 10.1. The average molecular weight is 396 g/mol. The summed E-state index contributed by atoms with van der Waals surface area (Å²) in [6, 6.07) is 18.3. The zero-order valence-corrected chi connectivity index (χ0v) is 16.2. The Kier molecular flexibility index (Phi) is 5.74. The van der Waals surface area contributed by atoms with E-state index >= 15 is 0 Å². The van der Waals surface area contributed by atoms with Gasteiger partial charge in [0, 0.05) is 24.2 Å². The van der Waals surface area contributed by atoms with E-state index in [-0.39, 0.29) is 5.91 Å². The van der Waals surface area contributed by atoms with Crippen LogP contribution in [0.2, 0.25) is 5.02 Å². The summed E-state index contributed by atoms with van der Waals surface area (Å²) in [7, 11) is 0. The van der Waals surface area contributed by atoms with Gasteiger partial charge in [-0.05, 0) is 30.0 Å². The minimum absolute atomic E-state index is 0.168. The van der Waals surface area contributed by atoms with E-state index in [9.17, 15) is 4.79 Å². The molecular weight excluding hydrogens is 374 g/mol. The van der Waals surface area contributed by atoms with Crippen molar-refractivity contribution in [1.29, 1.82) is 0 Å². The Morgan fingerprint density at radius 1 is 1.07 bits per heavy atom. The Labute approximate surface area is 169 Å². The summed E-state index contributed by atoms with van der Waals surface area (Å²) in [5.74, 6) is 0.349. The molecule has 0 atom stereocenters. The van der Waals surface area contributed by atoms with E-state index in [0.717, 1.165) is 30.0 Å². The van der Waals surface area contributed by atoms with Crippen molar-refractivity contribution in [2.75, 3.05) is 0 Å². The monoisotopic (exact) mass is 395 g/mol. The SMILES string of the molecule is O=C(NC1CC1)c1coc(CN(Cc2ccccc2)Cc2ccccc2Cl)n1. The highest BCUT2D eigenvalue weighted by molar-refractivity contribution is 6.31. The van der Waals surface area contributed by atoms with E-state index in [1.165, 1.54) is 11.8 Å². The number of nitrogens with zero attached hydrogens (tertiary/aromatic N) is 2. The quantitative estimate of drug-likeness (QED) is 0.613. The number of carbonyl (C=O) groups excluding carboxylic acids is 1. The van der Waals surface area contributed by atoms with Gasteiger partial charge in [0.1, 0.15) is 6.26 Å². The predicted molar refractivity (Wildman–Crippen MR) is 108 cm³/mol. The van der Waals surface area contributed by atoms with Gasteiger partial charge >= 0.3 is 0 Å². The van der Waals surface area contributed by atoms with E-state index in [1.54, 1.807) is 0 Å². The highest BCUT2D eigenvalue weighted by Gasteiger charge is 2.25. The second kappa shape index (κ2) is 8.59. The van der Waals surface area contributed by atoms with Gasteiger partial charge in [0.15, 0.2) is 5.69 Å². The van der Waals surface area contributed by atoms with Crippen LogP contribution in [0.25, 0.3) is 0 Å². The van der Waals surface area contributed by atoms with E-state index in [2.05, 4.69) is 27.3 Å². The van der Waals surface area contributed by atoms with Gasteiger partial charge in [-0.15, -0.1) is 0 Å². The number of hydrogen-bond donors (Lipinski definition) is 1. The molecule has 6 heteroatoms. The molecule has 5 nitrogen and oxygen atoms in total. The van der Waals surface area contributed by atoms with Crippen LogP contribution in [0.3, 0.4) is 0 Å². The molecule has 1 aromatic heterocycles. The van der Waals surface area contributed by atoms with Crippen molar-refractivity contribution in [2.24, 2.45) is 0 Å². The van der Waals surface area contributed by atoms with Crippen LogP contribution in [-0.4, -0.2) is 21.8 Å². The Hall–Kier alpha value is -2.63. The van der Waals surface area contributed by atoms with Gasteiger partial charge in [0.2, 0.25) is 5.89 Å². The van der Waals surface area contributed by atoms with Crippen molar-refractivity contribution in [3.63, 3.8) is 0 Å². The molecule has 1 amide bonds. The molecule has 0 spiro atoms. The third kappa shape index (κ3) is 5.00. The number of nitrogens with one attached hydrogen (secondary N) is 1. The Bertz CT molecular complexity index is 938. The molecule has 1 saturated carbocycles. The van der Waals surface area contributed by atoms with Crippen molar-refractivity contribution < 1.29 is 9.21 Å². The normalized spacial score (nSPS) is 13.6. The van der Waals surface area contributed by atoms with Crippen molar-refractivity contribution in [2.45, 2.75) is 38.5 Å². The largest absolute Gasteiger partial charge is 0.447 e. The molecule has 3 aromatic rings. The van der Waals surface area contributed by atoms with E-state index in [0.29, 0.717) is 30.7 Å². The first-order valence-electron chi connectivity index (χ1n) is 9.42. The van der Waals surface area contributed by atoms with Crippen molar-refractivity contribution in [1.82, 2.24) is 15.2 Å². The average Bonchev–Trinajstić information content (AvgIpc) is 3.39. The molecule has 1 N–H and O–H groups in total. The fourth-order valence-electron chi connectivity index (χ4n) is 3.04. The summed E-state index contributed by atoms with van der Waals surface area (Å²) in [6.07, 6.45) is 3.52. The molecule has 0 aliphatic heterocycles. The van der Waals surface area contributed by atoms with Gasteiger partial charge in [0.05, 0.1) is 6.54 Å². The summed E-state index contributed by atoms with van der Waals surface area (Å²) in [5.41, 5.74) is 2.56. The number of amides is 1. The highest BCUT2D eigenvalue weighted by Crippen LogP contribution is 2.21. The van der Waals surface area contributed by atoms with Crippen molar-refractivity contribution >= 4 is 17.5 Å². The van der Waals surface area contributed by atoms with Crippen LogP contribution in [0, 0.1) is 0 Å². The van der Waals surface area contributed by atoms with Crippen LogP contribution in [-0.2, 0) is 19.6 Å². The maximum atomic E-state index is 12.2. The first-order chi connectivity index (χ1) is 13.7. The van der Waals surface area contributed by atoms with Crippen LogP contribution >= 0.6 is 11.6 Å². The lowest BCUT2D eigenvalue weighted by Gasteiger charge is -2.21. The predicted octanol–water partition coefficient (Wildman–Crippen LogP) is 4.42. The second-order valence-corrected chi connectivity index (χ2v) is 7.50. The lowest BCUT2D eigenvalue weighted by Crippen LogP contribution is -2.26. The number of hydrogen-bond acceptors (Lipinski definition) is 4. The number of carbonyl (C=O) groups is 1. The summed E-state index contributed by atoms with van der Waals surface area (Å²) in [4.78, 5) is 18.7.